The Labute approximate surface area is 82.7 Å². The smallest absolute Gasteiger partial charge is 0.115 e. The number of fused-ring (bicyclic) bond motifs is 1. The Balaban J connectivity index is 2.88. The van der Waals surface area contributed by atoms with Crippen LogP contribution in [0.25, 0.3) is 10.9 Å². The van der Waals surface area contributed by atoms with E-state index in [0.29, 0.717) is 5.02 Å². The number of rotatable bonds is 0. The maximum Gasteiger partial charge on any atom is 0.115 e. The van der Waals surface area contributed by atoms with Gasteiger partial charge in [-0.2, -0.15) is 0 Å². The molecular weight excluding hydrogens is 239 g/mol. The highest BCUT2D eigenvalue weighted by Gasteiger charge is 1.99. The molecule has 0 aliphatic rings. The summed E-state index contributed by atoms with van der Waals surface area (Å²) in [6.45, 7) is 0. The summed E-state index contributed by atoms with van der Waals surface area (Å²) < 4.78 is 0.773. The number of hydrogen-bond acceptors (Lipinski definition) is 2. The highest BCUT2D eigenvalue weighted by Crippen LogP contribution is 2.22. The number of aromatic nitrogens is 2. The van der Waals surface area contributed by atoms with E-state index in [9.17, 15) is 0 Å². The van der Waals surface area contributed by atoms with Crippen LogP contribution >= 0.6 is 27.5 Å². The first-order valence-electron chi connectivity index (χ1n) is 3.33. The Morgan fingerprint density at radius 1 is 1.33 bits per heavy atom. The van der Waals surface area contributed by atoms with Gasteiger partial charge in [0.25, 0.3) is 0 Å². The number of pyridine rings is 2. The third-order valence-corrected chi connectivity index (χ3v) is 2.37. The van der Waals surface area contributed by atoms with Crippen molar-refractivity contribution in [2.75, 3.05) is 0 Å². The van der Waals surface area contributed by atoms with Gasteiger partial charge in [-0.05, 0) is 28.1 Å². The molecule has 0 atom stereocenters. The number of nitrogens with zero attached hydrogens (tertiary/aromatic N) is 2. The van der Waals surface area contributed by atoms with Gasteiger partial charge in [-0.3, -0.25) is 4.98 Å². The minimum Gasteiger partial charge on any atom is -0.255 e. The van der Waals surface area contributed by atoms with Crippen molar-refractivity contribution in [2.45, 2.75) is 0 Å². The summed E-state index contributed by atoms with van der Waals surface area (Å²) in [6.07, 6.45) is 3.32. The summed E-state index contributed by atoms with van der Waals surface area (Å²) in [5, 5.41) is 1.56. The van der Waals surface area contributed by atoms with Crippen molar-refractivity contribution in [3.8, 4) is 0 Å². The van der Waals surface area contributed by atoms with Crippen molar-refractivity contribution in [2.24, 2.45) is 0 Å². The minimum absolute atomic E-state index is 0.621. The molecule has 0 N–H and O–H groups in total. The predicted molar refractivity (Wildman–Crippen MR) is 52.2 cm³/mol. The van der Waals surface area contributed by atoms with Gasteiger partial charge in [-0.15, -0.1) is 0 Å². The molecule has 0 radical (unpaired) electrons. The first kappa shape index (κ1) is 7.95. The average Bonchev–Trinajstić information content (AvgIpc) is 2.07. The van der Waals surface area contributed by atoms with E-state index in [0.717, 1.165) is 15.5 Å². The summed E-state index contributed by atoms with van der Waals surface area (Å²) in [5.41, 5.74) is 0.890. The molecule has 0 fully saturated rings. The highest BCUT2D eigenvalue weighted by molar-refractivity contribution is 9.10. The van der Waals surface area contributed by atoms with Crippen molar-refractivity contribution < 1.29 is 0 Å². The lowest BCUT2D eigenvalue weighted by Crippen LogP contribution is -1.82. The molecule has 12 heavy (non-hydrogen) atoms. The molecule has 4 heteroatoms. The number of halogens is 2. The minimum atomic E-state index is 0.621. The molecule has 0 amide bonds. The molecule has 0 saturated carbocycles. The second-order valence-electron chi connectivity index (χ2n) is 2.32. The van der Waals surface area contributed by atoms with Crippen molar-refractivity contribution in [1.82, 2.24) is 9.97 Å². The van der Waals surface area contributed by atoms with Crippen LogP contribution in [0.3, 0.4) is 0 Å². The average molecular weight is 243 g/mol. The van der Waals surface area contributed by atoms with Gasteiger partial charge in [0.15, 0.2) is 0 Å². The molecular formula is C8H4BrClN2. The zero-order valence-corrected chi connectivity index (χ0v) is 8.30. The standard InChI is InChI=1S/C8H4BrClN2/c9-8-6-3-5(10)4-12-7(6)1-2-11-8/h1-4H. The second kappa shape index (κ2) is 2.99. The predicted octanol–water partition coefficient (Wildman–Crippen LogP) is 3.05. The van der Waals surface area contributed by atoms with Gasteiger partial charge in [-0.1, -0.05) is 11.6 Å². The SMILES string of the molecule is Clc1cnc2ccnc(Br)c2c1. The van der Waals surface area contributed by atoms with Crippen LogP contribution in [0, 0.1) is 0 Å². The Bertz CT molecular complexity index is 430. The Morgan fingerprint density at radius 3 is 3.00 bits per heavy atom. The molecule has 0 saturated heterocycles. The third-order valence-electron chi connectivity index (χ3n) is 1.53. The van der Waals surface area contributed by atoms with E-state index in [4.69, 9.17) is 11.6 Å². The maximum atomic E-state index is 5.78. The highest BCUT2D eigenvalue weighted by atomic mass is 79.9. The van der Waals surface area contributed by atoms with Crippen LogP contribution in [-0.4, -0.2) is 9.97 Å². The van der Waals surface area contributed by atoms with Gasteiger partial charge in [0.05, 0.1) is 10.5 Å². The van der Waals surface area contributed by atoms with Crippen molar-refractivity contribution in [1.29, 1.82) is 0 Å². The van der Waals surface area contributed by atoms with E-state index in [1.165, 1.54) is 0 Å². The third kappa shape index (κ3) is 1.30. The molecule has 2 rings (SSSR count). The Morgan fingerprint density at radius 2 is 2.17 bits per heavy atom. The molecule has 0 aromatic carbocycles. The fraction of sp³-hybridized carbons (Fsp3) is 0. The second-order valence-corrected chi connectivity index (χ2v) is 3.51. The largest absolute Gasteiger partial charge is 0.255 e. The van der Waals surface area contributed by atoms with Crippen LogP contribution in [0.5, 0.6) is 0 Å². The molecule has 0 aliphatic heterocycles. The maximum absolute atomic E-state index is 5.78. The van der Waals surface area contributed by atoms with Gasteiger partial charge in [-0.25, -0.2) is 4.98 Å². The summed E-state index contributed by atoms with van der Waals surface area (Å²) in [7, 11) is 0. The van der Waals surface area contributed by atoms with Crippen LogP contribution in [-0.2, 0) is 0 Å². The normalized spacial score (nSPS) is 10.5. The summed E-state index contributed by atoms with van der Waals surface area (Å²) >= 11 is 9.10. The molecule has 0 spiro atoms. The van der Waals surface area contributed by atoms with Crippen LogP contribution in [0.2, 0.25) is 5.02 Å². The number of hydrogen-bond donors (Lipinski definition) is 0. The zero-order valence-electron chi connectivity index (χ0n) is 5.96. The van der Waals surface area contributed by atoms with E-state index in [-0.39, 0.29) is 0 Å². The quantitative estimate of drug-likeness (QED) is 0.665. The molecule has 2 aromatic heterocycles. The van der Waals surface area contributed by atoms with E-state index in [2.05, 4.69) is 25.9 Å². The lowest BCUT2D eigenvalue weighted by Gasteiger charge is -1.97. The molecule has 0 bridgehead atoms. The van der Waals surface area contributed by atoms with Gasteiger partial charge < -0.3 is 0 Å². The van der Waals surface area contributed by atoms with Gasteiger partial charge >= 0.3 is 0 Å². The van der Waals surface area contributed by atoms with Crippen LogP contribution in [0.1, 0.15) is 0 Å². The first-order valence-corrected chi connectivity index (χ1v) is 4.50. The molecule has 0 unspecified atom stereocenters. The van der Waals surface area contributed by atoms with Gasteiger partial charge in [0.1, 0.15) is 4.60 Å². The summed E-state index contributed by atoms with van der Waals surface area (Å²) in [6, 6.07) is 3.68. The molecule has 60 valence electrons. The van der Waals surface area contributed by atoms with E-state index in [1.54, 1.807) is 12.4 Å². The summed E-state index contributed by atoms with van der Waals surface area (Å²) in [4.78, 5) is 8.21. The Hall–Kier alpha value is -0.670. The monoisotopic (exact) mass is 242 g/mol. The van der Waals surface area contributed by atoms with Crippen molar-refractivity contribution >= 4 is 38.4 Å². The molecule has 2 aromatic rings. The fourth-order valence-corrected chi connectivity index (χ4v) is 1.58. The molecule has 2 heterocycles. The van der Waals surface area contributed by atoms with E-state index in [1.807, 2.05) is 12.1 Å². The van der Waals surface area contributed by atoms with E-state index >= 15 is 0 Å². The van der Waals surface area contributed by atoms with Gasteiger partial charge in [0, 0.05) is 17.8 Å². The topological polar surface area (TPSA) is 25.8 Å². The lowest BCUT2D eigenvalue weighted by molar-refractivity contribution is 1.29. The zero-order chi connectivity index (χ0) is 8.55. The fourth-order valence-electron chi connectivity index (χ4n) is 0.991. The van der Waals surface area contributed by atoms with Crippen molar-refractivity contribution in [3.63, 3.8) is 0 Å². The molecule has 2 nitrogen and oxygen atoms in total. The Kier molecular flexibility index (Phi) is 1.98. The van der Waals surface area contributed by atoms with Crippen molar-refractivity contribution in [3.05, 3.63) is 34.2 Å². The van der Waals surface area contributed by atoms with Crippen LogP contribution < -0.4 is 0 Å². The summed E-state index contributed by atoms with van der Waals surface area (Å²) in [5.74, 6) is 0. The first-order chi connectivity index (χ1) is 5.77. The van der Waals surface area contributed by atoms with Crippen LogP contribution in [0.4, 0.5) is 0 Å². The molecule has 0 aliphatic carbocycles. The lowest BCUT2D eigenvalue weighted by atomic mass is 10.3. The van der Waals surface area contributed by atoms with Gasteiger partial charge in [0.2, 0.25) is 0 Å². The van der Waals surface area contributed by atoms with Crippen LogP contribution in [0.15, 0.2) is 29.1 Å². The van der Waals surface area contributed by atoms with E-state index < -0.39 is 0 Å².